The van der Waals surface area contributed by atoms with E-state index in [0.29, 0.717) is 18.7 Å². The van der Waals surface area contributed by atoms with Gasteiger partial charge in [-0.2, -0.15) is 0 Å². The summed E-state index contributed by atoms with van der Waals surface area (Å²) in [5, 5.41) is 16.0. The van der Waals surface area contributed by atoms with Crippen LogP contribution in [0.4, 0.5) is 4.39 Å². The normalized spacial score (nSPS) is 12.6. The minimum Gasteiger partial charge on any atom is -0.387 e. The van der Waals surface area contributed by atoms with E-state index in [2.05, 4.69) is 10.3 Å². The van der Waals surface area contributed by atoms with E-state index in [9.17, 15) is 9.50 Å². The lowest BCUT2D eigenvalue weighted by molar-refractivity contribution is 0.174. The van der Waals surface area contributed by atoms with Gasteiger partial charge in [0.2, 0.25) is 0 Å². The van der Waals surface area contributed by atoms with E-state index in [1.165, 1.54) is 12.1 Å². The Hall–Kier alpha value is -1.30. The third-order valence-corrected chi connectivity index (χ3v) is 3.50. The average Bonchev–Trinajstić information content (AvgIpc) is 2.76. The molecule has 2 rings (SSSR count). The zero-order chi connectivity index (χ0) is 13.0. The number of hydrogen-bond acceptors (Lipinski definition) is 4. The quantitative estimate of drug-likeness (QED) is 0.873. The molecule has 0 spiro atoms. The molecule has 2 N–H and O–H groups in total. The Morgan fingerprint density at radius 1 is 1.39 bits per heavy atom. The molecule has 2 aromatic rings. The van der Waals surface area contributed by atoms with Gasteiger partial charge in [-0.15, -0.1) is 11.3 Å². The summed E-state index contributed by atoms with van der Waals surface area (Å²) in [6.45, 7) is 3.01. The molecular formula is C13H15FN2OS. The second kappa shape index (κ2) is 6.04. The number of aliphatic hydroxyl groups is 1. The Morgan fingerprint density at radius 2 is 2.11 bits per heavy atom. The molecule has 0 aliphatic rings. The van der Waals surface area contributed by atoms with E-state index in [-0.39, 0.29) is 5.82 Å². The molecule has 1 atom stereocenters. The fraction of sp³-hybridized carbons (Fsp3) is 0.308. The van der Waals surface area contributed by atoms with Crippen molar-refractivity contribution < 1.29 is 9.50 Å². The molecule has 96 valence electrons. The lowest BCUT2D eigenvalue weighted by Crippen LogP contribution is -2.21. The maximum absolute atomic E-state index is 12.7. The van der Waals surface area contributed by atoms with Crippen molar-refractivity contribution in [2.75, 3.05) is 6.54 Å². The van der Waals surface area contributed by atoms with Crippen LogP contribution in [0.25, 0.3) is 0 Å². The maximum atomic E-state index is 12.7. The number of halogens is 1. The Morgan fingerprint density at radius 3 is 2.72 bits per heavy atom. The molecule has 0 aliphatic carbocycles. The molecule has 0 aliphatic heterocycles. The predicted molar refractivity (Wildman–Crippen MR) is 69.9 cm³/mol. The maximum Gasteiger partial charge on any atom is 0.123 e. The highest BCUT2D eigenvalue weighted by molar-refractivity contribution is 7.09. The molecule has 0 amide bonds. The Balaban J connectivity index is 1.81. The number of benzene rings is 1. The van der Waals surface area contributed by atoms with Gasteiger partial charge >= 0.3 is 0 Å². The fourth-order valence-electron chi connectivity index (χ4n) is 1.60. The molecule has 1 heterocycles. The van der Waals surface area contributed by atoms with Gasteiger partial charge in [-0.25, -0.2) is 9.37 Å². The first-order valence-electron chi connectivity index (χ1n) is 5.70. The first-order chi connectivity index (χ1) is 8.65. The highest BCUT2D eigenvalue weighted by Crippen LogP contribution is 2.13. The smallest absolute Gasteiger partial charge is 0.123 e. The lowest BCUT2D eigenvalue weighted by atomic mass is 10.1. The van der Waals surface area contributed by atoms with Crippen LogP contribution in [0.3, 0.4) is 0 Å². The van der Waals surface area contributed by atoms with Gasteiger partial charge in [-0.1, -0.05) is 12.1 Å². The van der Waals surface area contributed by atoms with Crippen molar-refractivity contribution in [3.63, 3.8) is 0 Å². The van der Waals surface area contributed by atoms with Crippen molar-refractivity contribution in [2.24, 2.45) is 0 Å². The van der Waals surface area contributed by atoms with Gasteiger partial charge in [0, 0.05) is 24.2 Å². The van der Waals surface area contributed by atoms with E-state index in [1.807, 2.05) is 12.3 Å². The molecular weight excluding hydrogens is 251 g/mol. The van der Waals surface area contributed by atoms with Gasteiger partial charge in [0.1, 0.15) is 10.8 Å². The summed E-state index contributed by atoms with van der Waals surface area (Å²) in [6.07, 6.45) is -0.633. The molecule has 0 fully saturated rings. The molecule has 18 heavy (non-hydrogen) atoms. The summed E-state index contributed by atoms with van der Waals surface area (Å²) in [5.41, 5.74) is 1.72. The van der Waals surface area contributed by atoms with Crippen LogP contribution in [0.2, 0.25) is 0 Å². The standard InChI is InChI=1S/C13H15FN2OS/c1-9-8-18-13(16-9)7-15-6-12(17)10-2-4-11(14)5-3-10/h2-5,8,12,15,17H,6-7H2,1H3. The molecule has 0 bridgehead atoms. The highest BCUT2D eigenvalue weighted by Gasteiger charge is 2.07. The first-order valence-corrected chi connectivity index (χ1v) is 6.58. The molecule has 1 aromatic heterocycles. The lowest BCUT2D eigenvalue weighted by Gasteiger charge is -2.11. The van der Waals surface area contributed by atoms with E-state index in [1.54, 1.807) is 23.5 Å². The number of aryl methyl sites for hydroxylation is 1. The SMILES string of the molecule is Cc1csc(CNCC(O)c2ccc(F)cc2)n1. The molecule has 0 saturated carbocycles. The van der Waals surface area contributed by atoms with Gasteiger partial charge in [0.05, 0.1) is 6.10 Å². The second-order valence-corrected chi connectivity index (χ2v) is 5.02. The zero-order valence-electron chi connectivity index (χ0n) is 10.1. The van der Waals surface area contributed by atoms with Crippen molar-refractivity contribution in [1.29, 1.82) is 0 Å². The Labute approximate surface area is 109 Å². The number of thiazole rings is 1. The average molecular weight is 266 g/mol. The number of aromatic nitrogens is 1. The molecule has 3 nitrogen and oxygen atoms in total. The van der Waals surface area contributed by atoms with Crippen LogP contribution in [-0.4, -0.2) is 16.6 Å². The third kappa shape index (κ3) is 3.60. The Bertz CT molecular complexity index is 498. The summed E-state index contributed by atoms with van der Waals surface area (Å²) in [5.74, 6) is -0.294. The number of nitrogens with zero attached hydrogens (tertiary/aromatic N) is 1. The summed E-state index contributed by atoms with van der Waals surface area (Å²) in [6, 6.07) is 5.88. The fourth-order valence-corrected chi connectivity index (χ4v) is 2.34. The topological polar surface area (TPSA) is 45.1 Å². The van der Waals surface area contributed by atoms with Gasteiger partial charge < -0.3 is 10.4 Å². The minimum absolute atomic E-state index is 0.294. The highest BCUT2D eigenvalue weighted by atomic mass is 32.1. The molecule has 0 radical (unpaired) electrons. The van der Waals surface area contributed by atoms with Gasteiger partial charge in [0.15, 0.2) is 0 Å². The van der Waals surface area contributed by atoms with Crippen molar-refractivity contribution in [3.05, 3.63) is 51.7 Å². The largest absolute Gasteiger partial charge is 0.387 e. The van der Waals surface area contributed by atoms with Crippen LogP contribution >= 0.6 is 11.3 Å². The van der Waals surface area contributed by atoms with Crippen LogP contribution in [0.1, 0.15) is 22.4 Å². The van der Waals surface area contributed by atoms with Crippen molar-refractivity contribution >= 4 is 11.3 Å². The van der Waals surface area contributed by atoms with Gasteiger partial charge in [-0.05, 0) is 24.6 Å². The molecule has 1 unspecified atom stereocenters. The molecule has 5 heteroatoms. The van der Waals surface area contributed by atoms with E-state index in [4.69, 9.17) is 0 Å². The van der Waals surface area contributed by atoms with Crippen LogP contribution in [0, 0.1) is 12.7 Å². The van der Waals surface area contributed by atoms with Crippen LogP contribution in [-0.2, 0) is 6.54 Å². The number of nitrogens with one attached hydrogen (secondary N) is 1. The summed E-state index contributed by atoms with van der Waals surface area (Å²) < 4.78 is 12.7. The summed E-state index contributed by atoms with van der Waals surface area (Å²) >= 11 is 1.59. The summed E-state index contributed by atoms with van der Waals surface area (Å²) in [7, 11) is 0. The monoisotopic (exact) mass is 266 g/mol. The zero-order valence-corrected chi connectivity index (χ0v) is 10.9. The van der Waals surface area contributed by atoms with Gasteiger partial charge in [0.25, 0.3) is 0 Å². The second-order valence-electron chi connectivity index (χ2n) is 4.08. The predicted octanol–water partition coefficient (Wildman–Crippen LogP) is 2.41. The Kier molecular flexibility index (Phi) is 4.41. The van der Waals surface area contributed by atoms with Gasteiger partial charge in [-0.3, -0.25) is 0 Å². The molecule has 1 aromatic carbocycles. The number of rotatable bonds is 5. The molecule has 0 saturated heterocycles. The minimum atomic E-state index is -0.633. The third-order valence-electron chi connectivity index (χ3n) is 2.54. The van der Waals surface area contributed by atoms with Crippen LogP contribution < -0.4 is 5.32 Å². The van der Waals surface area contributed by atoms with E-state index >= 15 is 0 Å². The first kappa shape index (κ1) is 13.1. The van der Waals surface area contributed by atoms with Crippen LogP contribution in [0.15, 0.2) is 29.6 Å². The van der Waals surface area contributed by atoms with Crippen molar-refractivity contribution in [3.8, 4) is 0 Å². The summed E-state index contributed by atoms with van der Waals surface area (Å²) in [4.78, 5) is 4.32. The van der Waals surface area contributed by atoms with E-state index in [0.717, 1.165) is 10.7 Å². The van der Waals surface area contributed by atoms with E-state index < -0.39 is 6.10 Å². The van der Waals surface area contributed by atoms with Crippen molar-refractivity contribution in [2.45, 2.75) is 19.6 Å². The van der Waals surface area contributed by atoms with Crippen molar-refractivity contribution in [1.82, 2.24) is 10.3 Å². The number of hydrogen-bond donors (Lipinski definition) is 2. The van der Waals surface area contributed by atoms with Crippen LogP contribution in [0.5, 0.6) is 0 Å². The number of aliphatic hydroxyl groups excluding tert-OH is 1.